The number of benzene rings is 1. The van der Waals surface area contributed by atoms with Crippen LogP contribution in [0.15, 0.2) is 42.5 Å². The van der Waals surface area contributed by atoms with Crippen molar-refractivity contribution in [1.29, 1.82) is 0 Å². The zero-order valence-corrected chi connectivity index (χ0v) is 15.2. The van der Waals surface area contributed by atoms with Crippen molar-refractivity contribution in [2.45, 2.75) is 37.8 Å². The van der Waals surface area contributed by atoms with E-state index in [2.05, 4.69) is 46.3 Å². The van der Waals surface area contributed by atoms with Crippen molar-refractivity contribution in [2.24, 2.45) is 5.92 Å². The molecule has 4 heteroatoms. The second-order valence-corrected chi connectivity index (χ2v) is 7.71. The average molecular weight is 337 g/mol. The molecule has 2 unspecified atom stereocenters. The third-order valence-corrected chi connectivity index (χ3v) is 6.06. The zero-order chi connectivity index (χ0) is 17.4. The van der Waals surface area contributed by atoms with Gasteiger partial charge in [-0.25, -0.2) is 0 Å². The number of H-pyrrole nitrogens is 1. The lowest BCUT2D eigenvalue weighted by Crippen LogP contribution is -2.65. The third kappa shape index (κ3) is 2.69. The predicted molar refractivity (Wildman–Crippen MR) is 99.3 cm³/mol. The fourth-order valence-corrected chi connectivity index (χ4v) is 4.80. The second kappa shape index (κ2) is 6.34. The van der Waals surface area contributed by atoms with Gasteiger partial charge in [-0.05, 0) is 36.5 Å². The molecular weight excluding hydrogens is 310 g/mol. The van der Waals surface area contributed by atoms with E-state index in [1.54, 1.807) is 19.0 Å². The largest absolute Gasteiger partial charge is 0.353 e. The summed E-state index contributed by atoms with van der Waals surface area (Å²) >= 11 is 0. The maximum Gasteiger partial charge on any atom is 0.269 e. The van der Waals surface area contributed by atoms with Crippen LogP contribution >= 0.6 is 0 Å². The first-order valence-corrected chi connectivity index (χ1v) is 9.31. The molecule has 2 aromatic rings. The standard InChI is InChI=1S/C21H27N3O/c1-23(2)20(25)19-12-11-18(22-19)15-24-14-17-10-6-7-13-21(17,24)16-8-4-3-5-9-16/h3-5,8-9,11-12,17,22H,6-7,10,13-15H2,1-2H3. The summed E-state index contributed by atoms with van der Waals surface area (Å²) in [7, 11) is 3.57. The summed E-state index contributed by atoms with van der Waals surface area (Å²) < 4.78 is 0. The van der Waals surface area contributed by atoms with Gasteiger partial charge in [0.05, 0.1) is 5.54 Å². The molecular formula is C21H27N3O. The molecule has 25 heavy (non-hydrogen) atoms. The highest BCUT2D eigenvalue weighted by Gasteiger charge is 2.54. The van der Waals surface area contributed by atoms with Crippen LogP contribution in [0, 0.1) is 5.92 Å². The fraction of sp³-hybridized carbons (Fsp3) is 0.476. The number of fused-ring (bicyclic) bond motifs is 1. The normalized spacial score (nSPS) is 25.9. The molecule has 4 nitrogen and oxygen atoms in total. The molecule has 1 saturated heterocycles. The maximum atomic E-state index is 12.1. The minimum absolute atomic E-state index is 0.0307. The molecule has 1 aromatic carbocycles. The molecule has 1 aliphatic carbocycles. The third-order valence-electron chi connectivity index (χ3n) is 6.06. The number of hydrogen-bond acceptors (Lipinski definition) is 2. The summed E-state index contributed by atoms with van der Waals surface area (Å²) in [5, 5.41) is 0. The molecule has 0 bridgehead atoms. The van der Waals surface area contributed by atoms with Crippen molar-refractivity contribution in [3.05, 3.63) is 59.4 Å². The molecule has 2 heterocycles. The predicted octanol–water partition coefficient (Wildman–Crippen LogP) is 3.62. The first-order valence-electron chi connectivity index (χ1n) is 9.31. The van der Waals surface area contributed by atoms with Crippen LogP contribution in [0.25, 0.3) is 0 Å². The number of aromatic amines is 1. The number of nitrogens with one attached hydrogen (secondary N) is 1. The molecule has 1 N–H and O–H groups in total. The summed E-state index contributed by atoms with van der Waals surface area (Å²) in [6.07, 6.45) is 5.24. The van der Waals surface area contributed by atoms with Gasteiger partial charge in [-0.15, -0.1) is 0 Å². The molecule has 2 aliphatic rings. The Bertz CT molecular complexity index is 752. The summed E-state index contributed by atoms with van der Waals surface area (Å²) in [6.45, 7) is 2.04. The Morgan fingerprint density at radius 2 is 2.00 bits per heavy atom. The van der Waals surface area contributed by atoms with Gasteiger partial charge < -0.3 is 9.88 Å². The van der Waals surface area contributed by atoms with E-state index in [9.17, 15) is 4.79 Å². The maximum absolute atomic E-state index is 12.1. The first kappa shape index (κ1) is 16.4. The van der Waals surface area contributed by atoms with Crippen LogP contribution in [0.4, 0.5) is 0 Å². The molecule has 132 valence electrons. The van der Waals surface area contributed by atoms with E-state index in [-0.39, 0.29) is 11.4 Å². The van der Waals surface area contributed by atoms with Gasteiger partial charge in [-0.3, -0.25) is 9.69 Å². The number of hydrogen-bond donors (Lipinski definition) is 1. The van der Waals surface area contributed by atoms with Crippen molar-refractivity contribution in [1.82, 2.24) is 14.8 Å². The van der Waals surface area contributed by atoms with Crippen molar-refractivity contribution in [3.63, 3.8) is 0 Å². The highest BCUT2D eigenvalue weighted by Crippen LogP contribution is 2.54. The van der Waals surface area contributed by atoms with Crippen LogP contribution in [0.2, 0.25) is 0 Å². The molecule has 1 saturated carbocycles. The smallest absolute Gasteiger partial charge is 0.269 e. The number of carbonyl (C=O) groups is 1. The molecule has 4 rings (SSSR count). The van der Waals surface area contributed by atoms with E-state index in [0.717, 1.165) is 24.7 Å². The SMILES string of the molecule is CN(C)C(=O)c1ccc(CN2CC3CCCCC32c2ccccc2)[nH]1. The number of aromatic nitrogens is 1. The Morgan fingerprint density at radius 1 is 1.20 bits per heavy atom. The Morgan fingerprint density at radius 3 is 2.72 bits per heavy atom. The van der Waals surface area contributed by atoms with Crippen molar-refractivity contribution >= 4 is 5.91 Å². The van der Waals surface area contributed by atoms with Crippen LogP contribution in [0.1, 0.15) is 47.4 Å². The Balaban J connectivity index is 1.57. The number of amides is 1. The van der Waals surface area contributed by atoms with Gasteiger partial charge in [0.1, 0.15) is 5.69 Å². The molecule has 2 atom stereocenters. The number of carbonyl (C=O) groups excluding carboxylic acids is 1. The van der Waals surface area contributed by atoms with E-state index in [4.69, 9.17) is 0 Å². The lowest BCUT2D eigenvalue weighted by molar-refractivity contribution is -0.121. The Labute approximate surface area is 149 Å². The number of nitrogens with zero attached hydrogens (tertiary/aromatic N) is 2. The van der Waals surface area contributed by atoms with Gasteiger partial charge in [-0.1, -0.05) is 43.2 Å². The van der Waals surface area contributed by atoms with Crippen molar-refractivity contribution < 1.29 is 4.79 Å². The van der Waals surface area contributed by atoms with E-state index in [1.807, 2.05) is 6.07 Å². The lowest BCUT2D eigenvalue weighted by Gasteiger charge is -2.61. The van der Waals surface area contributed by atoms with E-state index < -0.39 is 0 Å². The minimum atomic E-state index is 0.0307. The highest BCUT2D eigenvalue weighted by molar-refractivity contribution is 5.92. The molecule has 0 radical (unpaired) electrons. The van der Waals surface area contributed by atoms with Gasteiger partial charge in [0.2, 0.25) is 0 Å². The zero-order valence-electron chi connectivity index (χ0n) is 15.2. The molecule has 0 spiro atoms. The average Bonchev–Trinajstić information content (AvgIpc) is 3.08. The monoisotopic (exact) mass is 337 g/mol. The van der Waals surface area contributed by atoms with Gasteiger partial charge in [0.15, 0.2) is 0 Å². The quantitative estimate of drug-likeness (QED) is 0.925. The van der Waals surface area contributed by atoms with Crippen LogP contribution in [0.5, 0.6) is 0 Å². The first-order chi connectivity index (χ1) is 12.1. The van der Waals surface area contributed by atoms with Crippen LogP contribution in [-0.2, 0) is 12.1 Å². The number of rotatable bonds is 4. The van der Waals surface area contributed by atoms with Gasteiger partial charge >= 0.3 is 0 Å². The molecule has 2 fully saturated rings. The fourth-order valence-electron chi connectivity index (χ4n) is 4.80. The number of likely N-dealkylation sites (tertiary alicyclic amines) is 1. The molecule has 1 aliphatic heterocycles. The van der Waals surface area contributed by atoms with Crippen LogP contribution < -0.4 is 0 Å². The van der Waals surface area contributed by atoms with Crippen LogP contribution in [-0.4, -0.2) is 41.3 Å². The van der Waals surface area contributed by atoms with Crippen LogP contribution in [0.3, 0.4) is 0 Å². The van der Waals surface area contributed by atoms with Crippen molar-refractivity contribution in [3.8, 4) is 0 Å². The second-order valence-electron chi connectivity index (χ2n) is 7.71. The van der Waals surface area contributed by atoms with E-state index >= 15 is 0 Å². The Hall–Kier alpha value is -2.07. The Kier molecular flexibility index (Phi) is 4.16. The summed E-state index contributed by atoms with van der Waals surface area (Å²) in [6, 6.07) is 15.0. The summed E-state index contributed by atoms with van der Waals surface area (Å²) in [5.41, 5.74) is 3.46. The topological polar surface area (TPSA) is 39.3 Å². The minimum Gasteiger partial charge on any atom is -0.353 e. The van der Waals surface area contributed by atoms with E-state index in [1.165, 1.54) is 31.2 Å². The lowest BCUT2D eigenvalue weighted by atomic mass is 9.61. The van der Waals surface area contributed by atoms with E-state index in [0.29, 0.717) is 5.69 Å². The van der Waals surface area contributed by atoms with Crippen molar-refractivity contribution in [2.75, 3.05) is 20.6 Å². The summed E-state index contributed by atoms with van der Waals surface area (Å²) in [4.78, 5) is 19.7. The molecule has 1 aromatic heterocycles. The highest BCUT2D eigenvalue weighted by atomic mass is 16.2. The van der Waals surface area contributed by atoms with Gasteiger partial charge in [0.25, 0.3) is 5.91 Å². The van der Waals surface area contributed by atoms with Gasteiger partial charge in [-0.2, -0.15) is 0 Å². The van der Waals surface area contributed by atoms with Gasteiger partial charge in [0, 0.05) is 32.9 Å². The summed E-state index contributed by atoms with van der Waals surface area (Å²) in [5.74, 6) is 0.796. The molecule has 1 amide bonds.